The van der Waals surface area contributed by atoms with Gasteiger partial charge in [0.2, 0.25) is 11.8 Å². The fourth-order valence-electron chi connectivity index (χ4n) is 2.46. The Hall–Kier alpha value is -2.80. The molecule has 3 rings (SSSR count). The van der Waals surface area contributed by atoms with Crippen LogP contribution in [0.25, 0.3) is 11.5 Å². The van der Waals surface area contributed by atoms with Gasteiger partial charge in [-0.15, -0.1) is 10.2 Å². The number of methoxy groups -OCH3 is 1. The summed E-state index contributed by atoms with van der Waals surface area (Å²) in [6, 6.07) is 17.4. The van der Waals surface area contributed by atoms with Crippen LogP contribution in [-0.4, -0.2) is 35.5 Å². The molecule has 6 nitrogen and oxygen atoms in total. The Kier molecular flexibility index (Phi) is 6.49. The van der Waals surface area contributed by atoms with Crippen molar-refractivity contribution in [3.8, 4) is 17.2 Å². The maximum atomic E-state index is 12.1. The molecule has 0 spiro atoms. The topological polar surface area (TPSA) is 77.2 Å². The van der Waals surface area contributed by atoms with Gasteiger partial charge in [0.05, 0.1) is 12.9 Å². The van der Waals surface area contributed by atoms with Crippen molar-refractivity contribution < 1.29 is 13.9 Å². The predicted molar refractivity (Wildman–Crippen MR) is 105 cm³/mol. The second-order valence-corrected chi connectivity index (χ2v) is 6.93. The number of hydrogen-bond acceptors (Lipinski definition) is 6. The lowest BCUT2D eigenvalue weighted by molar-refractivity contribution is -0.118. The molecule has 0 unspecified atom stereocenters. The summed E-state index contributed by atoms with van der Waals surface area (Å²) in [7, 11) is 1.61. The number of carbonyl (C=O) groups excluding carboxylic acids is 1. The monoisotopic (exact) mass is 383 g/mol. The second-order valence-electron chi connectivity index (χ2n) is 6.01. The maximum Gasteiger partial charge on any atom is 0.277 e. The number of ether oxygens (including phenoxy) is 1. The molecule has 1 aromatic heterocycles. The molecule has 140 valence electrons. The van der Waals surface area contributed by atoms with E-state index in [-0.39, 0.29) is 17.6 Å². The van der Waals surface area contributed by atoms with Crippen LogP contribution in [-0.2, 0) is 4.79 Å². The van der Waals surface area contributed by atoms with Crippen molar-refractivity contribution in [3.63, 3.8) is 0 Å². The van der Waals surface area contributed by atoms with Gasteiger partial charge in [0.1, 0.15) is 5.75 Å². The number of carbonyl (C=O) groups is 1. The molecule has 0 aliphatic heterocycles. The minimum absolute atomic E-state index is 0.0630. The molecule has 27 heavy (non-hydrogen) atoms. The van der Waals surface area contributed by atoms with E-state index in [0.717, 1.165) is 11.3 Å². The lowest BCUT2D eigenvalue weighted by atomic mass is 10.0. The molecule has 0 saturated heterocycles. The minimum atomic E-state index is -0.0630. The highest BCUT2D eigenvalue weighted by Crippen LogP contribution is 2.24. The molecule has 7 heteroatoms. The maximum absolute atomic E-state index is 12.1. The van der Waals surface area contributed by atoms with Gasteiger partial charge < -0.3 is 14.5 Å². The van der Waals surface area contributed by atoms with E-state index in [0.29, 0.717) is 17.7 Å². The van der Waals surface area contributed by atoms with Gasteiger partial charge in [-0.05, 0) is 35.7 Å². The summed E-state index contributed by atoms with van der Waals surface area (Å²) in [5, 5.41) is 11.3. The van der Waals surface area contributed by atoms with Crippen molar-refractivity contribution in [3.05, 3.63) is 60.2 Å². The summed E-state index contributed by atoms with van der Waals surface area (Å²) in [6.45, 7) is 2.67. The summed E-state index contributed by atoms with van der Waals surface area (Å²) in [5.74, 6) is 1.59. The van der Waals surface area contributed by atoms with Crippen LogP contribution in [0.5, 0.6) is 5.75 Å². The largest absolute Gasteiger partial charge is 0.497 e. The lowest BCUT2D eigenvalue weighted by Crippen LogP contribution is -2.28. The molecule has 1 amide bonds. The second kappa shape index (κ2) is 9.23. The van der Waals surface area contributed by atoms with Gasteiger partial charge >= 0.3 is 0 Å². The zero-order chi connectivity index (χ0) is 19.1. The van der Waals surface area contributed by atoms with Gasteiger partial charge in [-0.3, -0.25) is 4.79 Å². The van der Waals surface area contributed by atoms with Crippen LogP contribution in [0.4, 0.5) is 0 Å². The van der Waals surface area contributed by atoms with Crippen LogP contribution in [0.2, 0.25) is 0 Å². The van der Waals surface area contributed by atoms with Gasteiger partial charge in [-0.25, -0.2) is 0 Å². The number of rotatable bonds is 8. The summed E-state index contributed by atoms with van der Waals surface area (Å²) in [4.78, 5) is 12.1. The number of amides is 1. The van der Waals surface area contributed by atoms with E-state index in [1.807, 2.05) is 42.5 Å². The highest BCUT2D eigenvalue weighted by atomic mass is 32.2. The van der Waals surface area contributed by atoms with E-state index < -0.39 is 0 Å². The standard InChI is InChI=1S/C20H21N3O3S/c1-14(15-6-4-3-5-7-15)12-21-18(24)13-27-20-23-22-19(26-20)16-8-10-17(25-2)11-9-16/h3-11,14H,12-13H2,1-2H3,(H,21,24)/t14-/m0/s1. The first kappa shape index (κ1) is 19.0. The molecule has 0 saturated carbocycles. The van der Waals surface area contributed by atoms with Crippen LogP contribution in [0.3, 0.4) is 0 Å². The van der Waals surface area contributed by atoms with Crippen molar-refractivity contribution >= 4 is 17.7 Å². The number of thioether (sulfide) groups is 1. The molecule has 1 atom stereocenters. The number of hydrogen-bond donors (Lipinski definition) is 1. The Morgan fingerprint density at radius 1 is 1.15 bits per heavy atom. The lowest BCUT2D eigenvalue weighted by Gasteiger charge is -2.12. The zero-order valence-electron chi connectivity index (χ0n) is 15.2. The minimum Gasteiger partial charge on any atom is -0.497 e. The van der Waals surface area contributed by atoms with E-state index in [9.17, 15) is 4.79 Å². The summed E-state index contributed by atoms with van der Waals surface area (Å²) < 4.78 is 10.7. The number of aromatic nitrogens is 2. The third kappa shape index (κ3) is 5.34. The van der Waals surface area contributed by atoms with E-state index in [4.69, 9.17) is 9.15 Å². The molecule has 0 radical (unpaired) electrons. The fraction of sp³-hybridized carbons (Fsp3) is 0.250. The molecular weight excluding hydrogens is 362 g/mol. The predicted octanol–water partition coefficient (Wildman–Crippen LogP) is 3.76. The van der Waals surface area contributed by atoms with Gasteiger partial charge in [0.15, 0.2) is 0 Å². The van der Waals surface area contributed by atoms with Crippen molar-refractivity contribution in [1.29, 1.82) is 0 Å². The summed E-state index contributed by atoms with van der Waals surface area (Å²) in [5.41, 5.74) is 2.00. The van der Waals surface area contributed by atoms with Crippen LogP contribution in [0.1, 0.15) is 18.4 Å². The summed E-state index contributed by atoms with van der Waals surface area (Å²) >= 11 is 1.22. The Morgan fingerprint density at radius 2 is 1.89 bits per heavy atom. The van der Waals surface area contributed by atoms with Gasteiger partial charge in [0.25, 0.3) is 5.22 Å². The number of nitrogens with one attached hydrogen (secondary N) is 1. The van der Waals surface area contributed by atoms with Gasteiger partial charge in [-0.1, -0.05) is 49.0 Å². The Balaban J connectivity index is 1.47. The van der Waals surface area contributed by atoms with Crippen molar-refractivity contribution in [2.75, 3.05) is 19.4 Å². The highest BCUT2D eigenvalue weighted by Gasteiger charge is 2.12. The average Bonchev–Trinajstić information content (AvgIpc) is 3.20. The first-order chi connectivity index (χ1) is 13.2. The van der Waals surface area contributed by atoms with Crippen LogP contribution in [0, 0.1) is 0 Å². The molecule has 3 aromatic rings. The molecule has 0 bridgehead atoms. The number of nitrogens with zero attached hydrogens (tertiary/aromatic N) is 2. The van der Waals surface area contributed by atoms with Gasteiger partial charge in [0, 0.05) is 12.1 Å². The normalized spacial score (nSPS) is 11.8. The molecule has 2 aromatic carbocycles. The Labute approximate surface area is 162 Å². The SMILES string of the molecule is COc1ccc(-c2nnc(SCC(=O)NC[C@H](C)c3ccccc3)o2)cc1. The molecule has 1 heterocycles. The molecule has 0 fully saturated rings. The Morgan fingerprint density at radius 3 is 2.59 bits per heavy atom. The first-order valence-corrected chi connectivity index (χ1v) is 9.56. The quantitative estimate of drug-likeness (QED) is 0.597. The van der Waals surface area contributed by atoms with Crippen molar-refractivity contribution in [2.45, 2.75) is 18.1 Å². The van der Waals surface area contributed by atoms with E-state index in [2.05, 4.69) is 34.6 Å². The van der Waals surface area contributed by atoms with Crippen molar-refractivity contribution in [1.82, 2.24) is 15.5 Å². The van der Waals surface area contributed by atoms with Crippen LogP contribution in [0.15, 0.2) is 64.2 Å². The molecule has 0 aliphatic carbocycles. The van der Waals surface area contributed by atoms with E-state index in [1.165, 1.54) is 17.3 Å². The third-order valence-corrected chi connectivity index (χ3v) is 4.86. The summed E-state index contributed by atoms with van der Waals surface area (Å²) in [6.07, 6.45) is 0. The highest BCUT2D eigenvalue weighted by molar-refractivity contribution is 7.99. The third-order valence-electron chi connectivity index (χ3n) is 4.04. The molecular formula is C20H21N3O3S. The number of benzene rings is 2. The first-order valence-electron chi connectivity index (χ1n) is 8.58. The van der Waals surface area contributed by atoms with Crippen LogP contribution < -0.4 is 10.1 Å². The molecule has 1 N–H and O–H groups in total. The van der Waals surface area contributed by atoms with E-state index >= 15 is 0 Å². The van der Waals surface area contributed by atoms with E-state index in [1.54, 1.807) is 7.11 Å². The smallest absolute Gasteiger partial charge is 0.277 e. The van der Waals surface area contributed by atoms with Gasteiger partial charge in [-0.2, -0.15) is 0 Å². The van der Waals surface area contributed by atoms with Crippen LogP contribution >= 0.6 is 11.8 Å². The zero-order valence-corrected chi connectivity index (χ0v) is 16.0. The molecule has 0 aliphatic rings. The average molecular weight is 383 g/mol. The Bertz CT molecular complexity index is 866. The fourth-order valence-corrected chi connectivity index (χ4v) is 3.06. The van der Waals surface area contributed by atoms with Crippen molar-refractivity contribution in [2.24, 2.45) is 0 Å².